The van der Waals surface area contributed by atoms with Crippen LogP contribution in [0.4, 0.5) is 0 Å². The molecule has 3 heterocycles. The van der Waals surface area contributed by atoms with Gasteiger partial charge in [0.15, 0.2) is 11.2 Å². The molecule has 1 saturated heterocycles. The van der Waals surface area contributed by atoms with Gasteiger partial charge in [0, 0.05) is 0 Å². The molecule has 0 saturated carbocycles. The van der Waals surface area contributed by atoms with Crippen molar-refractivity contribution in [3.05, 3.63) is 23.0 Å². The molecule has 49 heavy (non-hydrogen) atoms. The zero-order chi connectivity index (χ0) is 35.2. The summed E-state index contributed by atoms with van der Waals surface area (Å²) >= 11 is 4.33. The van der Waals surface area contributed by atoms with Gasteiger partial charge in [0.2, 0.25) is 0 Å². The molecule has 11 nitrogen and oxygen atoms in total. The predicted molar refractivity (Wildman–Crippen MR) is 199 cm³/mol. The van der Waals surface area contributed by atoms with Crippen LogP contribution in [0.15, 0.2) is 17.4 Å². The molecule has 2 aromatic heterocycles. The molecular formula is C36H65N4O7PS. The van der Waals surface area contributed by atoms with Crippen LogP contribution in [0.5, 0.6) is 0 Å². The zero-order valence-electron chi connectivity index (χ0n) is 30.5. The van der Waals surface area contributed by atoms with E-state index in [-0.39, 0.29) is 42.7 Å². The van der Waals surface area contributed by atoms with Crippen LogP contribution >= 0.6 is 20.5 Å². The number of phosphoric acid groups is 1. The Morgan fingerprint density at radius 2 is 1.61 bits per heavy atom. The van der Waals surface area contributed by atoms with Crippen LogP contribution in [-0.2, 0) is 27.9 Å². The highest BCUT2D eigenvalue weighted by Crippen LogP contribution is 2.51. The van der Waals surface area contributed by atoms with Gasteiger partial charge in [-0.15, -0.1) is 4.67 Å². The molecule has 2 aromatic rings. The molecule has 1 fully saturated rings. The Labute approximate surface area is 300 Å². The van der Waals surface area contributed by atoms with Crippen molar-refractivity contribution < 1.29 is 27.9 Å². The highest BCUT2D eigenvalue weighted by atomic mass is 32.1. The third-order valence-electron chi connectivity index (χ3n) is 9.48. The molecule has 1 aliphatic rings. The van der Waals surface area contributed by atoms with E-state index in [1.165, 1.54) is 83.4 Å². The second kappa shape index (κ2) is 24.8. The van der Waals surface area contributed by atoms with Gasteiger partial charge in [0.05, 0.1) is 38.1 Å². The summed E-state index contributed by atoms with van der Waals surface area (Å²) < 4.78 is 38.9. The van der Waals surface area contributed by atoms with Crippen molar-refractivity contribution in [2.75, 3.05) is 19.0 Å². The second-order valence-corrected chi connectivity index (χ2v) is 15.6. The third kappa shape index (κ3) is 15.9. The molecule has 0 spiro atoms. The van der Waals surface area contributed by atoms with Gasteiger partial charge < -0.3 is 9.72 Å². The molecule has 0 amide bonds. The number of aromatic nitrogens is 4. The number of imidazole rings is 1. The maximum Gasteiger partial charge on any atom is 0.502 e. The fourth-order valence-corrected chi connectivity index (χ4v) is 7.85. The Kier molecular flexibility index (Phi) is 21.4. The largest absolute Gasteiger partial charge is 0.502 e. The standard InChI is InChI=1S/C36H65N4O7PS/c1-4-7-8-9-10-11-14-17-20-30(6-3)26-31(21-18-15-12-13-16-19-25-49)46-47-48(42,43-24-5-2)44-27-32-22-23-33(45-32)40-29-39-34-35(40)37-28-38-36(34)41/h28-33,49H,4-27H2,1-3H3,(H,37,38,41)/t30?,31?,32-,33+,48?/m0/s1. The molecule has 3 rings (SSSR count). The fraction of sp³-hybridized carbons (Fsp3) is 0.861. The maximum absolute atomic E-state index is 13.8. The number of H-pyrrole nitrogens is 1. The van der Waals surface area contributed by atoms with Gasteiger partial charge in [-0.25, -0.2) is 19.4 Å². The first-order valence-electron chi connectivity index (χ1n) is 19.3. The number of hydrogen-bond acceptors (Lipinski definition) is 10. The Bertz CT molecular complexity index is 1250. The van der Waals surface area contributed by atoms with E-state index in [0.717, 1.165) is 44.3 Å². The summed E-state index contributed by atoms with van der Waals surface area (Å²) in [5, 5.41) is 0. The number of nitrogens with one attached hydrogen (secondary N) is 1. The number of ether oxygens (including phenoxy) is 1. The van der Waals surface area contributed by atoms with Gasteiger partial charge in [-0.1, -0.05) is 117 Å². The maximum atomic E-state index is 13.8. The van der Waals surface area contributed by atoms with Crippen LogP contribution < -0.4 is 5.56 Å². The fourth-order valence-electron chi connectivity index (χ4n) is 6.48. The van der Waals surface area contributed by atoms with Crippen LogP contribution in [0.3, 0.4) is 0 Å². The van der Waals surface area contributed by atoms with E-state index in [0.29, 0.717) is 30.8 Å². The van der Waals surface area contributed by atoms with Crippen LogP contribution in [0.1, 0.15) is 162 Å². The van der Waals surface area contributed by atoms with Crippen molar-refractivity contribution in [2.45, 2.75) is 174 Å². The quantitative estimate of drug-likeness (QED) is 0.0266. The number of nitrogens with zero attached hydrogens (tertiary/aromatic N) is 3. The first-order chi connectivity index (χ1) is 23.9. The molecule has 3 unspecified atom stereocenters. The Morgan fingerprint density at radius 1 is 0.918 bits per heavy atom. The number of unbranched alkanes of at least 4 members (excludes halogenated alkanes) is 12. The van der Waals surface area contributed by atoms with E-state index in [1.54, 1.807) is 10.9 Å². The van der Waals surface area contributed by atoms with E-state index in [9.17, 15) is 9.36 Å². The molecule has 13 heteroatoms. The monoisotopic (exact) mass is 728 g/mol. The first kappa shape index (κ1) is 42.1. The summed E-state index contributed by atoms with van der Waals surface area (Å²) in [4.78, 5) is 29.1. The second-order valence-electron chi connectivity index (χ2n) is 13.6. The van der Waals surface area contributed by atoms with Gasteiger partial charge in [-0.2, -0.15) is 12.6 Å². The van der Waals surface area contributed by atoms with Gasteiger partial charge in [0.25, 0.3) is 5.56 Å². The molecule has 1 N–H and O–H groups in total. The van der Waals surface area contributed by atoms with Crippen molar-refractivity contribution in [2.24, 2.45) is 5.92 Å². The van der Waals surface area contributed by atoms with Crippen LogP contribution in [-0.4, -0.2) is 50.7 Å². The lowest BCUT2D eigenvalue weighted by atomic mass is 9.90. The number of hydrogen-bond donors (Lipinski definition) is 2. The molecule has 0 aromatic carbocycles. The van der Waals surface area contributed by atoms with Gasteiger partial charge >= 0.3 is 7.82 Å². The topological polar surface area (TPSA) is 127 Å². The average Bonchev–Trinajstić information content (AvgIpc) is 3.77. The minimum atomic E-state index is -4.01. The van der Waals surface area contributed by atoms with E-state index in [4.69, 9.17) is 23.3 Å². The minimum Gasteiger partial charge on any atom is -0.352 e. The number of aromatic amines is 1. The third-order valence-corrected chi connectivity index (χ3v) is 11.0. The van der Waals surface area contributed by atoms with Crippen LogP contribution in [0.2, 0.25) is 0 Å². The van der Waals surface area contributed by atoms with E-state index in [2.05, 4.69) is 41.4 Å². The van der Waals surface area contributed by atoms with Crippen LogP contribution in [0, 0.1) is 5.92 Å². The van der Waals surface area contributed by atoms with Crippen molar-refractivity contribution in [1.29, 1.82) is 0 Å². The predicted octanol–water partition coefficient (Wildman–Crippen LogP) is 10.3. The van der Waals surface area contributed by atoms with Gasteiger partial charge in [-0.05, 0) is 50.2 Å². The zero-order valence-corrected chi connectivity index (χ0v) is 32.3. The molecule has 1 aliphatic heterocycles. The number of phosphoric ester groups is 1. The van der Waals surface area contributed by atoms with Gasteiger partial charge in [0.1, 0.15) is 6.23 Å². The number of rotatable bonds is 30. The normalized spacial score (nSPS) is 19.0. The lowest BCUT2D eigenvalue weighted by Gasteiger charge is -2.25. The summed E-state index contributed by atoms with van der Waals surface area (Å²) in [6, 6.07) is 0. The van der Waals surface area contributed by atoms with Crippen molar-refractivity contribution in [3.8, 4) is 0 Å². The average molecular weight is 729 g/mol. The van der Waals surface area contributed by atoms with Crippen LogP contribution in [0.25, 0.3) is 11.2 Å². The Morgan fingerprint density at radius 3 is 2.31 bits per heavy atom. The number of thiol groups is 1. The van der Waals surface area contributed by atoms with E-state index in [1.807, 2.05) is 6.92 Å². The summed E-state index contributed by atoms with van der Waals surface area (Å²) in [7, 11) is -4.01. The van der Waals surface area contributed by atoms with Crippen molar-refractivity contribution in [1.82, 2.24) is 19.5 Å². The molecule has 0 bridgehead atoms. The number of fused-ring (bicyclic) bond motifs is 1. The SMILES string of the molecule is CCCCCCCCCCC(CC)CC(CCCCCCCCS)OOP(=O)(OCCC)OC[C@@H]1CC[C@H](n2cnc3c(=O)[nH]cnc32)O1. The lowest BCUT2D eigenvalue weighted by Crippen LogP contribution is -2.20. The van der Waals surface area contributed by atoms with Gasteiger partial charge in [-0.3, -0.25) is 18.4 Å². The molecule has 0 aliphatic carbocycles. The highest BCUT2D eigenvalue weighted by molar-refractivity contribution is 7.80. The minimum absolute atomic E-state index is 0.0223. The van der Waals surface area contributed by atoms with E-state index >= 15 is 0 Å². The Hall–Kier alpha value is -1.27. The smallest absolute Gasteiger partial charge is 0.352 e. The molecule has 282 valence electrons. The molecule has 5 atom stereocenters. The summed E-state index contributed by atoms with van der Waals surface area (Å²) in [6.07, 6.45) is 25.5. The molecule has 0 radical (unpaired) electrons. The highest BCUT2D eigenvalue weighted by Gasteiger charge is 2.35. The Balaban J connectivity index is 1.53. The van der Waals surface area contributed by atoms with Crippen molar-refractivity contribution >= 4 is 31.6 Å². The summed E-state index contributed by atoms with van der Waals surface area (Å²) in [6.45, 7) is 6.71. The van der Waals surface area contributed by atoms with E-state index < -0.39 is 7.82 Å². The lowest BCUT2D eigenvalue weighted by molar-refractivity contribution is -0.267. The molecular weight excluding hydrogens is 663 g/mol. The summed E-state index contributed by atoms with van der Waals surface area (Å²) in [5.41, 5.74) is 0.425. The van der Waals surface area contributed by atoms with Crippen molar-refractivity contribution in [3.63, 3.8) is 0 Å². The first-order valence-corrected chi connectivity index (χ1v) is 21.4. The summed E-state index contributed by atoms with van der Waals surface area (Å²) in [5.74, 6) is 1.47.